The highest BCUT2D eigenvalue weighted by Crippen LogP contribution is 2.28. The molecular weight excluding hydrogens is 438 g/mol. The van der Waals surface area contributed by atoms with Crippen molar-refractivity contribution in [1.82, 2.24) is 14.6 Å². The van der Waals surface area contributed by atoms with Crippen molar-refractivity contribution < 1.29 is 13.2 Å². The summed E-state index contributed by atoms with van der Waals surface area (Å²) >= 11 is 2.97. The van der Waals surface area contributed by atoms with Crippen LogP contribution in [-0.4, -0.2) is 43.2 Å². The lowest BCUT2D eigenvalue weighted by atomic mass is 9.99. The summed E-state index contributed by atoms with van der Waals surface area (Å²) in [6.07, 6.45) is 3.06. The minimum absolute atomic E-state index is 0.0541. The monoisotopic (exact) mass is 463 g/mol. The first-order valence-corrected chi connectivity index (χ1v) is 13.2. The Kier molecular flexibility index (Phi) is 6.52. The summed E-state index contributed by atoms with van der Waals surface area (Å²) in [5, 5.41) is 4.07. The van der Waals surface area contributed by atoms with Gasteiger partial charge in [-0.05, 0) is 50.5 Å². The number of carbonyl (C=O) groups is 1. The second-order valence-corrected chi connectivity index (χ2v) is 12.1. The fraction of sp³-hybridized carbons (Fsp3) is 0.429. The Morgan fingerprint density at radius 3 is 2.83 bits per heavy atom. The van der Waals surface area contributed by atoms with Gasteiger partial charge in [-0.3, -0.25) is 4.79 Å². The van der Waals surface area contributed by atoms with Gasteiger partial charge < -0.3 is 5.32 Å². The van der Waals surface area contributed by atoms with E-state index >= 15 is 0 Å². The summed E-state index contributed by atoms with van der Waals surface area (Å²) in [5.41, 5.74) is 1.02. The van der Waals surface area contributed by atoms with Crippen molar-refractivity contribution in [3.05, 3.63) is 46.3 Å². The molecule has 0 aliphatic carbocycles. The Hall–Kier alpha value is -1.81. The van der Waals surface area contributed by atoms with Crippen LogP contribution in [0.2, 0.25) is 0 Å². The van der Waals surface area contributed by atoms with Crippen molar-refractivity contribution in [3.8, 4) is 0 Å². The number of nitrogens with one attached hydrogen (secondary N) is 1. The number of hydrogen-bond donors (Lipinski definition) is 1. The quantitative estimate of drug-likeness (QED) is 0.540. The summed E-state index contributed by atoms with van der Waals surface area (Å²) in [6, 6.07) is 11.5. The Labute approximate surface area is 185 Å². The average molecular weight is 464 g/mol. The van der Waals surface area contributed by atoms with Gasteiger partial charge in [0.15, 0.2) is 0 Å². The van der Waals surface area contributed by atoms with Crippen LogP contribution in [0.4, 0.5) is 0 Å². The van der Waals surface area contributed by atoms with E-state index in [4.69, 9.17) is 0 Å². The van der Waals surface area contributed by atoms with Gasteiger partial charge in [-0.2, -0.15) is 4.31 Å². The van der Waals surface area contributed by atoms with Crippen molar-refractivity contribution in [2.45, 2.75) is 36.8 Å². The molecule has 30 heavy (non-hydrogen) atoms. The lowest BCUT2D eigenvalue weighted by molar-refractivity contribution is -0.126. The van der Waals surface area contributed by atoms with Crippen LogP contribution < -0.4 is 5.32 Å². The third-order valence-electron chi connectivity index (χ3n) is 5.27. The molecule has 0 radical (unpaired) electrons. The molecule has 9 heteroatoms. The highest BCUT2D eigenvalue weighted by atomic mass is 32.2. The number of thiazole rings is 1. The molecule has 1 aliphatic rings. The molecule has 160 valence electrons. The van der Waals surface area contributed by atoms with Crippen LogP contribution in [0.15, 0.2) is 40.6 Å². The zero-order chi connectivity index (χ0) is 21.1. The Balaban J connectivity index is 1.28. The van der Waals surface area contributed by atoms with E-state index in [1.807, 2.05) is 31.2 Å². The fourth-order valence-corrected chi connectivity index (χ4v) is 7.65. The molecule has 2 aromatic heterocycles. The molecule has 0 spiro atoms. The van der Waals surface area contributed by atoms with Gasteiger partial charge in [0.05, 0.1) is 21.1 Å². The zero-order valence-corrected chi connectivity index (χ0v) is 19.3. The van der Waals surface area contributed by atoms with Crippen LogP contribution in [0.5, 0.6) is 0 Å². The van der Waals surface area contributed by atoms with E-state index in [-0.39, 0.29) is 18.4 Å². The summed E-state index contributed by atoms with van der Waals surface area (Å²) in [5.74, 6) is -0.349. The van der Waals surface area contributed by atoms with Gasteiger partial charge in [0, 0.05) is 30.9 Å². The maximum Gasteiger partial charge on any atom is 0.252 e. The Morgan fingerprint density at radius 1 is 1.23 bits per heavy atom. The molecule has 3 aromatic rings. The number of aromatic nitrogens is 1. The van der Waals surface area contributed by atoms with Crippen LogP contribution >= 0.6 is 22.7 Å². The summed E-state index contributed by atoms with van der Waals surface area (Å²) in [4.78, 5) is 18.2. The first kappa shape index (κ1) is 21.4. The second-order valence-electron chi connectivity index (χ2n) is 7.54. The van der Waals surface area contributed by atoms with E-state index < -0.39 is 10.0 Å². The minimum Gasteiger partial charge on any atom is -0.356 e. The van der Waals surface area contributed by atoms with E-state index in [0.29, 0.717) is 23.7 Å². The molecule has 1 unspecified atom stereocenters. The van der Waals surface area contributed by atoms with Gasteiger partial charge >= 0.3 is 0 Å². The third-order valence-corrected chi connectivity index (χ3v) is 9.70. The van der Waals surface area contributed by atoms with Crippen LogP contribution in [-0.2, 0) is 21.2 Å². The highest BCUT2D eigenvalue weighted by Gasteiger charge is 2.33. The summed E-state index contributed by atoms with van der Waals surface area (Å²) in [6.45, 7) is 3.19. The van der Waals surface area contributed by atoms with Crippen LogP contribution in [0, 0.1) is 12.8 Å². The molecule has 1 aliphatic heterocycles. The first-order chi connectivity index (χ1) is 14.4. The van der Waals surface area contributed by atoms with Gasteiger partial charge in [0.25, 0.3) is 10.0 Å². The molecule has 1 amide bonds. The van der Waals surface area contributed by atoms with Crippen molar-refractivity contribution in [3.63, 3.8) is 0 Å². The molecule has 1 fully saturated rings. The standard InChI is InChI=1S/C21H25N3O3S3/c1-15-10-11-20(28-15)30(26,27)24-13-5-6-16(14-24)21(25)22-12-4-9-19-23-17-7-2-3-8-18(17)29-19/h2-3,7-8,10-11,16H,4-6,9,12-14H2,1H3,(H,22,25). The molecule has 4 rings (SSSR count). The number of hydrogen-bond acceptors (Lipinski definition) is 6. The number of nitrogens with zero attached hydrogens (tertiary/aromatic N) is 2. The number of fused-ring (bicyclic) bond motifs is 1. The Bertz CT molecular complexity index is 1100. The summed E-state index contributed by atoms with van der Waals surface area (Å²) in [7, 11) is -3.52. The largest absolute Gasteiger partial charge is 0.356 e. The molecule has 6 nitrogen and oxygen atoms in total. The maximum absolute atomic E-state index is 12.9. The second kappa shape index (κ2) is 9.13. The van der Waals surface area contributed by atoms with Crippen LogP contribution in [0.25, 0.3) is 10.2 Å². The van der Waals surface area contributed by atoms with E-state index in [2.05, 4.69) is 16.4 Å². The van der Waals surface area contributed by atoms with Crippen molar-refractivity contribution in [2.75, 3.05) is 19.6 Å². The molecule has 1 N–H and O–H groups in total. The highest BCUT2D eigenvalue weighted by molar-refractivity contribution is 7.91. The van der Waals surface area contributed by atoms with E-state index in [0.717, 1.165) is 34.7 Å². The van der Waals surface area contributed by atoms with E-state index in [1.54, 1.807) is 17.4 Å². The smallest absolute Gasteiger partial charge is 0.252 e. The number of sulfonamides is 1. The number of thiophene rings is 1. The number of piperidine rings is 1. The average Bonchev–Trinajstić information content (AvgIpc) is 3.37. The summed E-state index contributed by atoms with van der Waals surface area (Å²) < 4.78 is 28.7. The molecule has 0 bridgehead atoms. The molecule has 1 aromatic carbocycles. The predicted octanol–water partition coefficient (Wildman–Crippen LogP) is 3.82. The topological polar surface area (TPSA) is 79.4 Å². The van der Waals surface area contributed by atoms with E-state index in [1.165, 1.54) is 20.3 Å². The zero-order valence-electron chi connectivity index (χ0n) is 16.8. The van der Waals surface area contributed by atoms with Crippen molar-refractivity contribution >= 4 is 48.8 Å². The van der Waals surface area contributed by atoms with Gasteiger partial charge in [-0.15, -0.1) is 22.7 Å². The normalized spacial score (nSPS) is 18.0. The first-order valence-electron chi connectivity index (χ1n) is 10.1. The SMILES string of the molecule is Cc1ccc(S(=O)(=O)N2CCCC(C(=O)NCCCc3nc4ccccc4s3)C2)s1. The molecule has 1 atom stereocenters. The number of amides is 1. The Morgan fingerprint density at radius 2 is 2.07 bits per heavy atom. The number of para-hydroxylation sites is 1. The number of aryl methyl sites for hydroxylation is 2. The number of carbonyl (C=O) groups excluding carboxylic acids is 1. The van der Waals surface area contributed by atoms with Crippen LogP contribution in [0.1, 0.15) is 29.1 Å². The fourth-order valence-electron chi connectivity index (χ4n) is 3.68. The molecule has 1 saturated heterocycles. The molecular formula is C21H25N3O3S3. The van der Waals surface area contributed by atoms with Gasteiger partial charge in [0.2, 0.25) is 5.91 Å². The van der Waals surface area contributed by atoms with E-state index in [9.17, 15) is 13.2 Å². The third kappa shape index (κ3) is 4.74. The van der Waals surface area contributed by atoms with Crippen molar-refractivity contribution in [2.24, 2.45) is 5.92 Å². The van der Waals surface area contributed by atoms with Gasteiger partial charge in [0.1, 0.15) is 4.21 Å². The molecule has 0 saturated carbocycles. The van der Waals surface area contributed by atoms with Crippen molar-refractivity contribution in [1.29, 1.82) is 0 Å². The van der Waals surface area contributed by atoms with Gasteiger partial charge in [-0.1, -0.05) is 12.1 Å². The number of benzene rings is 1. The maximum atomic E-state index is 12.9. The lowest BCUT2D eigenvalue weighted by Crippen LogP contribution is -2.45. The lowest BCUT2D eigenvalue weighted by Gasteiger charge is -2.30. The van der Waals surface area contributed by atoms with Gasteiger partial charge in [-0.25, -0.2) is 13.4 Å². The number of rotatable bonds is 7. The molecule has 3 heterocycles. The minimum atomic E-state index is -3.52. The van der Waals surface area contributed by atoms with Crippen LogP contribution in [0.3, 0.4) is 0 Å². The predicted molar refractivity (Wildman–Crippen MR) is 121 cm³/mol.